The third-order valence-corrected chi connectivity index (χ3v) is 3.01. The largest absolute Gasteiger partial charge is 0.481 e. The number of hydrogen-bond acceptors (Lipinski definition) is 3. The number of carboxylic acids is 1. The number of rotatable bonds is 3. The highest BCUT2D eigenvalue weighted by Gasteiger charge is 2.29. The molecule has 2 rings (SSSR count). The average molecular weight is 247 g/mol. The zero-order valence-corrected chi connectivity index (χ0v) is 9.68. The van der Waals surface area contributed by atoms with Crippen LogP contribution in [0.4, 0.5) is 0 Å². The van der Waals surface area contributed by atoms with Gasteiger partial charge in [-0.1, -0.05) is 24.3 Å². The fraction of sp³-hybridized carbons (Fsp3) is 0.308. The van der Waals surface area contributed by atoms with Gasteiger partial charge in [0.15, 0.2) is 0 Å². The van der Waals surface area contributed by atoms with Gasteiger partial charge in [0, 0.05) is 6.42 Å². The van der Waals surface area contributed by atoms with Gasteiger partial charge in [0.1, 0.15) is 0 Å². The summed E-state index contributed by atoms with van der Waals surface area (Å²) >= 11 is 0. The van der Waals surface area contributed by atoms with E-state index in [-0.39, 0.29) is 24.7 Å². The molecule has 94 valence electrons. The summed E-state index contributed by atoms with van der Waals surface area (Å²) in [6.07, 6.45) is 0.604. The smallest absolute Gasteiger partial charge is 0.307 e. The van der Waals surface area contributed by atoms with Crippen LogP contribution >= 0.6 is 0 Å². The minimum Gasteiger partial charge on any atom is -0.481 e. The Morgan fingerprint density at radius 1 is 1.33 bits per heavy atom. The van der Waals surface area contributed by atoms with E-state index in [0.717, 1.165) is 0 Å². The van der Waals surface area contributed by atoms with Crippen LogP contribution in [-0.4, -0.2) is 22.9 Å². The number of imide groups is 1. The van der Waals surface area contributed by atoms with Gasteiger partial charge < -0.3 is 5.11 Å². The molecule has 0 saturated carbocycles. The number of amides is 2. The standard InChI is InChI=1S/C13H13NO4/c15-11-6-5-10(13(18)14-11)9-4-2-1-3-8(9)7-12(16)17/h1-4,10H,5-7H2,(H,16,17)(H,14,15,18). The second-order valence-electron chi connectivity index (χ2n) is 4.27. The first kappa shape index (κ1) is 12.3. The summed E-state index contributed by atoms with van der Waals surface area (Å²) in [6, 6.07) is 6.96. The molecule has 1 heterocycles. The van der Waals surface area contributed by atoms with Crippen molar-refractivity contribution in [2.45, 2.75) is 25.2 Å². The van der Waals surface area contributed by atoms with Crippen LogP contribution < -0.4 is 5.32 Å². The van der Waals surface area contributed by atoms with Gasteiger partial charge in [-0.3, -0.25) is 19.7 Å². The Hall–Kier alpha value is -2.17. The van der Waals surface area contributed by atoms with Crippen molar-refractivity contribution in [1.29, 1.82) is 0 Å². The van der Waals surface area contributed by atoms with Crippen molar-refractivity contribution < 1.29 is 19.5 Å². The number of piperidine rings is 1. The van der Waals surface area contributed by atoms with Crippen molar-refractivity contribution in [3.63, 3.8) is 0 Å². The lowest BCUT2D eigenvalue weighted by Gasteiger charge is -2.22. The average Bonchev–Trinajstić information content (AvgIpc) is 2.30. The lowest BCUT2D eigenvalue weighted by atomic mass is 9.86. The van der Waals surface area contributed by atoms with Crippen LogP contribution in [0.25, 0.3) is 0 Å². The first-order valence-corrected chi connectivity index (χ1v) is 5.71. The normalized spacial score (nSPS) is 19.4. The number of carboxylic acid groups (broad SMARTS) is 1. The van der Waals surface area contributed by atoms with Crippen molar-refractivity contribution in [3.05, 3.63) is 35.4 Å². The van der Waals surface area contributed by atoms with Gasteiger partial charge in [0.2, 0.25) is 11.8 Å². The Morgan fingerprint density at radius 3 is 2.72 bits per heavy atom. The molecule has 2 N–H and O–H groups in total. The lowest BCUT2D eigenvalue weighted by molar-refractivity contribution is -0.137. The van der Waals surface area contributed by atoms with Crippen molar-refractivity contribution in [2.75, 3.05) is 0 Å². The molecular weight excluding hydrogens is 234 g/mol. The molecule has 0 aliphatic carbocycles. The Bertz CT molecular complexity index is 509. The van der Waals surface area contributed by atoms with Crippen LogP contribution in [0, 0.1) is 0 Å². The molecule has 0 spiro atoms. The maximum absolute atomic E-state index is 11.8. The number of hydrogen-bond donors (Lipinski definition) is 2. The molecule has 1 aromatic carbocycles. The van der Waals surface area contributed by atoms with Gasteiger partial charge in [0.25, 0.3) is 0 Å². The molecule has 1 saturated heterocycles. The van der Waals surface area contributed by atoms with Crippen LogP contribution in [0.5, 0.6) is 0 Å². The lowest BCUT2D eigenvalue weighted by Crippen LogP contribution is -2.39. The zero-order chi connectivity index (χ0) is 13.1. The Balaban J connectivity index is 2.29. The SMILES string of the molecule is O=C(O)Cc1ccccc1C1CCC(=O)NC1=O. The highest BCUT2D eigenvalue weighted by molar-refractivity contribution is 6.01. The monoisotopic (exact) mass is 247 g/mol. The molecule has 5 nitrogen and oxygen atoms in total. The first-order chi connectivity index (χ1) is 8.58. The summed E-state index contributed by atoms with van der Waals surface area (Å²) in [5.41, 5.74) is 1.32. The first-order valence-electron chi connectivity index (χ1n) is 5.71. The van der Waals surface area contributed by atoms with E-state index >= 15 is 0 Å². The highest BCUT2D eigenvalue weighted by Crippen LogP contribution is 2.27. The van der Waals surface area contributed by atoms with Crippen molar-refractivity contribution in [1.82, 2.24) is 5.32 Å². The summed E-state index contributed by atoms with van der Waals surface area (Å²) in [4.78, 5) is 33.6. The van der Waals surface area contributed by atoms with E-state index in [1.165, 1.54) is 0 Å². The van der Waals surface area contributed by atoms with Crippen molar-refractivity contribution in [2.24, 2.45) is 0 Å². The Kier molecular flexibility index (Phi) is 3.41. The summed E-state index contributed by atoms with van der Waals surface area (Å²) in [5, 5.41) is 11.1. The summed E-state index contributed by atoms with van der Waals surface area (Å²) < 4.78 is 0. The predicted molar refractivity (Wildman–Crippen MR) is 62.9 cm³/mol. The minimum absolute atomic E-state index is 0.117. The highest BCUT2D eigenvalue weighted by atomic mass is 16.4. The molecule has 0 radical (unpaired) electrons. The predicted octanol–water partition coefficient (Wildman–Crippen LogP) is 0.834. The van der Waals surface area contributed by atoms with Gasteiger partial charge in [-0.15, -0.1) is 0 Å². The molecule has 5 heteroatoms. The summed E-state index contributed by atoms with van der Waals surface area (Å²) in [5.74, 6) is -1.98. The minimum atomic E-state index is -0.935. The summed E-state index contributed by atoms with van der Waals surface area (Å²) in [6.45, 7) is 0. The third-order valence-electron chi connectivity index (χ3n) is 3.01. The van der Waals surface area contributed by atoms with Crippen molar-refractivity contribution >= 4 is 17.8 Å². The molecule has 1 aliphatic heterocycles. The van der Waals surface area contributed by atoms with Crippen LogP contribution in [-0.2, 0) is 20.8 Å². The van der Waals surface area contributed by atoms with Crippen LogP contribution in [0.3, 0.4) is 0 Å². The number of aliphatic carboxylic acids is 1. The van der Waals surface area contributed by atoms with E-state index in [9.17, 15) is 14.4 Å². The topological polar surface area (TPSA) is 83.5 Å². The number of carbonyl (C=O) groups is 3. The van der Waals surface area contributed by atoms with Crippen LogP contribution in [0.15, 0.2) is 24.3 Å². The Labute approximate surface area is 104 Å². The number of benzene rings is 1. The Morgan fingerprint density at radius 2 is 2.06 bits per heavy atom. The third kappa shape index (κ3) is 2.56. The van der Waals surface area contributed by atoms with Gasteiger partial charge in [-0.2, -0.15) is 0 Å². The fourth-order valence-corrected chi connectivity index (χ4v) is 2.19. The van der Waals surface area contributed by atoms with Gasteiger partial charge in [0.05, 0.1) is 12.3 Å². The molecule has 1 fully saturated rings. The van der Waals surface area contributed by atoms with E-state index in [2.05, 4.69) is 5.32 Å². The number of nitrogens with one attached hydrogen (secondary N) is 1. The summed E-state index contributed by atoms with van der Waals surface area (Å²) in [7, 11) is 0. The van der Waals surface area contributed by atoms with E-state index in [1.54, 1.807) is 24.3 Å². The fourth-order valence-electron chi connectivity index (χ4n) is 2.19. The molecule has 1 atom stereocenters. The zero-order valence-electron chi connectivity index (χ0n) is 9.68. The van der Waals surface area contributed by atoms with Gasteiger partial charge in [-0.05, 0) is 17.5 Å². The molecule has 0 aromatic heterocycles. The molecule has 1 unspecified atom stereocenters. The van der Waals surface area contributed by atoms with E-state index in [4.69, 9.17) is 5.11 Å². The van der Waals surface area contributed by atoms with Crippen LogP contribution in [0.1, 0.15) is 29.9 Å². The van der Waals surface area contributed by atoms with E-state index in [1.807, 2.05) is 0 Å². The molecular formula is C13H13NO4. The van der Waals surface area contributed by atoms with Crippen molar-refractivity contribution in [3.8, 4) is 0 Å². The molecule has 1 aromatic rings. The second-order valence-corrected chi connectivity index (χ2v) is 4.27. The van der Waals surface area contributed by atoms with E-state index < -0.39 is 11.9 Å². The molecule has 2 amide bonds. The van der Waals surface area contributed by atoms with Crippen LogP contribution in [0.2, 0.25) is 0 Å². The van der Waals surface area contributed by atoms with Gasteiger partial charge >= 0.3 is 5.97 Å². The quantitative estimate of drug-likeness (QED) is 0.775. The molecule has 18 heavy (non-hydrogen) atoms. The van der Waals surface area contributed by atoms with E-state index in [0.29, 0.717) is 17.5 Å². The maximum Gasteiger partial charge on any atom is 0.307 e. The number of carbonyl (C=O) groups excluding carboxylic acids is 2. The second kappa shape index (κ2) is 5.00. The maximum atomic E-state index is 11.8. The molecule has 0 bridgehead atoms. The molecule has 1 aliphatic rings. The van der Waals surface area contributed by atoms with Gasteiger partial charge in [-0.25, -0.2) is 0 Å².